The molecule has 0 spiro atoms. The first-order valence-electron chi connectivity index (χ1n) is 5.94. The second-order valence-corrected chi connectivity index (χ2v) is 5.14. The van der Waals surface area contributed by atoms with E-state index in [2.05, 4.69) is 31.5 Å². The van der Waals surface area contributed by atoms with Gasteiger partial charge in [-0.1, -0.05) is 0 Å². The molecule has 0 atom stereocenters. The van der Waals surface area contributed by atoms with E-state index >= 15 is 0 Å². The second kappa shape index (κ2) is 6.10. The highest BCUT2D eigenvalue weighted by Crippen LogP contribution is 2.24. The van der Waals surface area contributed by atoms with Crippen molar-refractivity contribution in [3.05, 3.63) is 26.9 Å². The zero-order valence-corrected chi connectivity index (χ0v) is 11.4. The quantitative estimate of drug-likeness (QED) is 0.458. The maximum Gasteiger partial charge on any atom is 0.288 e. The fourth-order valence-electron chi connectivity index (χ4n) is 1.55. The van der Waals surface area contributed by atoms with Crippen molar-refractivity contribution >= 4 is 27.4 Å². The van der Waals surface area contributed by atoms with Gasteiger partial charge in [0, 0.05) is 18.7 Å². The van der Waals surface area contributed by atoms with Gasteiger partial charge in [-0.2, -0.15) is 0 Å². The number of aromatic nitrogens is 1. The molecule has 2 rings (SSSR count). The summed E-state index contributed by atoms with van der Waals surface area (Å²) >= 11 is 3.27. The molecule has 98 valence electrons. The summed E-state index contributed by atoms with van der Waals surface area (Å²) < 4.78 is 0.617. The van der Waals surface area contributed by atoms with Crippen LogP contribution >= 0.6 is 15.9 Å². The highest BCUT2D eigenvalue weighted by Gasteiger charge is 2.19. The van der Waals surface area contributed by atoms with E-state index in [0.29, 0.717) is 10.3 Å². The third-order valence-corrected chi connectivity index (χ3v) is 3.30. The Labute approximate surface area is 113 Å². The predicted molar refractivity (Wildman–Crippen MR) is 72.7 cm³/mol. The van der Waals surface area contributed by atoms with Gasteiger partial charge in [-0.3, -0.25) is 10.1 Å². The van der Waals surface area contributed by atoms with Gasteiger partial charge in [0.2, 0.25) is 0 Å². The number of hydrogen-bond donors (Lipinski definition) is 2. The fourth-order valence-corrected chi connectivity index (χ4v) is 2.02. The van der Waals surface area contributed by atoms with E-state index in [1.54, 1.807) is 0 Å². The number of rotatable bonds is 7. The highest BCUT2D eigenvalue weighted by atomic mass is 79.9. The molecule has 18 heavy (non-hydrogen) atoms. The summed E-state index contributed by atoms with van der Waals surface area (Å²) in [6.07, 6.45) is 4.85. The molecule has 2 N–H and O–H groups in total. The second-order valence-electron chi connectivity index (χ2n) is 4.29. The molecule has 0 radical (unpaired) electrons. The number of nitro groups is 1. The van der Waals surface area contributed by atoms with Gasteiger partial charge >= 0.3 is 0 Å². The lowest BCUT2D eigenvalue weighted by atomic mass is 10.4. The average Bonchev–Trinajstić information content (AvgIpc) is 3.14. The number of pyridine rings is 1. The van der Waals surface area contributed by atoms with Crippen LogP contribution in [0.25, 0.3) is 0 Å². The summed E-state index contributed by atoms with van der Waals surface area (Å²) in [4.78, 5) is 14.1. The third-order valence-electron chi connectivity index (χ3n) is 2.69. The first kappa shape index (κ1) is 13.2. The summed E-state index contributed by atoms with van der Waals surface area (Å²) in [6.45, 7) is 1.78. The molecule has 1 heterocycles. The van der Waals surface area contributed by atoms with Crippen molar-refractivity contribution in [3.63, 3.8) is 0 Å². The van der Waals surface area contributed by atoms with Gasteiger partial charge in [0.1, 0.15) is 12.0 Å². The van der Waals surface area contributed by atoms with Gasteiger partial charge in [-0.15, -0.1) is 0 Å². The van der Waals surface area contributed by atoms with Gasteiger partial charge in [-0.05, 0) is 41.7 Å². The molecule has 1 aliphatic carbocycles. The van der Waals surface area contributed by atoms with E-state index < -0.39 is 4.92 Å². The van der Waals surface area contributed by atoms with Crippen molar-refractivity contribution < 1.29 is 4.92 Å². The van der Waals surface area contributed by atoms with Crippen molar-refractivity contribution in [2.75, 3.05) is 18.4 Å². The Balaban J connectivity index is 1.75. The zero-order valence-electron chi connectivity index (χ0n) is 9.86. The molecule has 0 bridgehead atoms. The summed E-state index contributed by atoms with van der Waals surface area (Å²) in [7, 11) is 0. The lowest BCUT2D eigenvalue weighted by Crippen LogP contribution is -2.20. The van der Waals surface area contributed by atoms with Crippen LogP contribution in [0.2, 0.25) is 0 Å². The van der Waals surface area contributed by atoms with Crippen LogP contribution < -0.4 is 10.6 Å². The van der Waals surface area contributed by atoms with E-state index in [0.717, 1.165) is 25.6 Å². The Kier molecular flexibility index (Phi) is 4.48. The molecule has 6 nitrogen and oxygen atoms in total. The molecule has 7 heteroatoms. The van der Waals surface area contributed by atoms with Gasteiger partial charge in [-0.25, -0.2) is 4.98 Å². The molecule has 0 amide bonds. The minimum absolute atomic E-state index is 0.0113. The van der Waals surface area contributed by atoms with Crippen LogP contribution in [0.3, 0.4) is 0 Å². The third kappa shape index (κ3) is 3.92. The summed E-state index contributed by atoms with van der Waals surface area (Å²) in [5, 5.41) is 17.1. The van der Waals surface area contributed by atoms with E-state index in [1.165, 1.54) is 25.1 Å². The summed E-state index contributed by atoms with van der Waals surface area (Å²) in [5.41, 5.74) is -0.0113. The first-order chi connectivity index (χ1) is 8.66. The molecular formula is C11H15BrN4O2. The molecule has 1 saturated carbocycles. The Morgan fingerprint density at radius 2 is 2.28 bits per heavy atom. The SMILES string of the molecule is O=[N+]([O-])c1cnc(NCCCNC2CC2)c(Br)c1. The van der Waals surface area contributed by atoms with Crippen LogP contribution in [0, 0.1) is 10.1 Å². The number of nitrogens with zero attached hydrogens (tertiary/aromatic N) is 2. The zero-order chi connectivity index (χ0) is 13.0. The Hall–Kier alpha value is -1.21. The van der Waals surface area contributed by atoms with Crippen LogP contribution in [-0.2, 0) is 0 Å². The summed E-state index contributed by atoms with van der Waals surface area (Å²) in [5.74, 6) is 0.645. The van der Waals surface area contributed by atoms with Gasteiger partial charge in [0.15, 0.2) is 0 Å². The van der Waals surface area contributed by atoms with Crippen molar-refractivity contribution in [3.8, 4) is 0 Å². The van der Waals surface area contributed by atoms with Crippen LogP contribution in [0.1, 0.15) is 19.3 Å². The van der Waals surface area contributed by atoms with Gasteiger partial charge in [0.05, 0.1) is 9.40 Å². The van der Waals surface area contributed by atoms with Crippen molar-refractivity contribution in [2.24, 2.45) is 0 Å². The topological polar surface area (TPSA) is 80.1 Å². The lowest BCUT2D eigenvalue weighted by molar-refractivity contribution is -0.385. The van der Waals surface area contributed by atoms with E-state index in [9.17, 15) is 10.1 Å². The molecule has 1 aliphatic rings. The van der Waals surface area contributed by atoms with E-state index in [1.807, 2.05) is 0 Å². The number of anilines is 1. The van der Waals surface area contributed by atoms with Crippen LogP contribution in [0.4, 0.5) is 11.5 Å². The van der Waals surface area contributed by atoms with Crippen LogP contribution in [0.5, 0.6) is 0 Å². The smallest absolute Gasteiger partial charge is 0.288 e. The van der Waals surface area contributed by atoms with Crippen molar-refractivity contribution in [2.45, 2.75) is 25.3 Å². The normalized spacial score (nSPS) is 14.5. The maximum atomic E-state index is 10.5. The van der Waals surface area contributed by atoms with Crippen LogP contribution in [0.15, 0.2) is 16.7 Å². The Morgan fingerprint density at radius 3 is 2.89 bits per heavy atom. The number of halogens is 1. The van der Waals surface area contributed by atoms with E-state index in [4.69, 9.17) is 0 Å². The first-order valence-corrected chi connectivity index (χ1v) is 6.73. The summed E-state index contributed by atoms with van der Waals surface area (Å²) in [6, 6.07) is 2.19. The molecule has 0 unspecified atom stereocenters. The van der Waals surface area contributed by atoms with Crippen LogP contribution in [-0.4, -0.2) is 29.0 Å². The fraction of sp³-hybridized carbons (Fsp3) is 0.545. The maximum absolute atomic E-state index is 10.5. The molecule has 0 aliphatic heterocycles. The predicted octanol–water partition coefficient (Wildman–Crippen LogP) is 2.31. The molecule has 1 aromatic rings. The minimum atomic E-state index is -0.457. The Bertz CT molecular complexity index is 437. The molecule has 1 aromatic heterocycles. The highest BCUT2D eigenvalue weighted by molar-refractivity contribution is 9.10. The number of nitrogens with one attached hydrogen (secondary N) is 2. The number of hydrogen-bond acceptors (Lipinski definition) is 5. The average molecular weight is 315 g/mol. The molecule has 0 aromatic carbocycles. The van der Waals surface area contributed by atoms with Gasteiger partial charge < -0.3 is 10.6 Å². The lowest BCUT2D eigenvalue weighted by Gasteiger charge is -2.07. The molecule has 1 fully saturated rings. The molecule has 0 saturated heterocycles. The standard InChI is InChI=1S/C11H15BrN4O2/c12-10-6-9(16(17)18)7-15-11(10)14-5-1-4-13-8-2-3-8/h6-8,13H,1-5H2,(H,14,15). The monoisotopic (exact) mass is 314 g/mol. The van der Waals surface area contributed by atoms with Crippen molar-refractivity contribution in [1.29, 1.82) is 0 Å². The minimum Gasteiger partial charge on any atom is -0.369 e. The van der Waals surface area contributed by atoms with Crippen molar-refractivity contribution in [1.82, 2.24) is 10.3 Å². The molecular weight excluding hydrogens is 300 g/mol. The largest absolute Gasteiger partial charge is 0.369 e. The van der Waals surface area contributed by atoms with E-state index in [-0.39, 0.29) is 5.69 Å². The Morgan fingerprint density at radius 1 is 1.50 bits per heavy atom. The van der Waals surface area contributed by atoms with Gasteiger partial charge in [0.25, 0.3) is 5.69 Å².